The van der Waals surface area contributed by atoms with Crippen molar-refractivity contribution in [1.82, 2.24) is 0 Å². The molecule has 0 fully saturated rings. The summed E-state index contributed by atoms with van der Waals surface area (Å²) in [5.41, 5.74) is 0. The largest absolute Gasteiger partial charge is 0.467 e. The van der Waals surface area contributed by atoms with Crippen LogP contribution in [0.2, 0.25) is 0 Å². The van der Waals surface area contributed by atoms with Gasteiger partial charge >= 0.3 is 23.9 Å². The van der Waals surface area contributed by atoms with Gasteiger partial charge in [0.15, 0.2) is 24.4 Å². The van der Waals surface area contributed by atoms with Crippen LogP contribution in [0, 0.1) is 0 Å². The first-order chi connectivity index (χ1) is 12.2. The topological polar surface area (TPSA) is 164 Å². The van der Waals surface area contributed by atoms with Gasteiger partial charge in [0.1, 0.15) is 0 Å². The highest BCUT2D eigenvalue weighted by Gasteiger charge is 2.37. The lowest BCUT2D eigenvalue weighted by atomic mass is 10.2. The Bertz CT molecular complexity index is 446. The van der Waals surface area contributed by atoms with E-state index in [0.717, 1.165) is 28.4 Å². The van der Waals surface area contributed by atoms with Crippen LogP contribution in [0.5, 0.6) is 0 Å². The molecule has 0 aliphatic rings. The summed E-state index contributed by atoms with van der Waals surface area (Å²) in [6.07, 6.45) is -7.33. The van der Waals surface area contributed by atoms with Crippen LogP contribution in [0.3, 0.4) is 0 Å². The van der Waals surface area contributed by atoms with Crippen molar-refractivity contribution in [2.45, 2.75) is 24.4 Å². The van der Waals surface area contributed by atoms with E-state index in [4.69, 9.17) is 9.47 Å². The maximum Gasteiger partial charge on any atom is 0.338 e. The van der Waals surface area contributed by atoms with Crippen molar-refractivity contribution in [2.75, 3.05) is 41.7 Å². The first kappa shape index (κ1) is 23.7. The third-order valence-electron chi connectivity index (χ3n) is 3.00. The minimum atomic E-state index is -1.95. The molecule has 0 rings (SSSR count). The molecule has 12 nitrogen and oxygen atoms in total. The number of hydrogen-bond donors (Lipinski definition) is 2. The number of esters is 4. The normalized spacial score (nSPS) is 15.2. The van der Waals surface area contributed by atoms with E-state index in [-0.39, 0.29) is 0 Å². The first-order valence-corrected chi connectivity index (χ1v) is 7.15. The molecular weight excluding hydrogens is 360 g/mol. The predicted molar refractivity (Wildman–Crippen MR) is 79.6 cm³/mol. The number of carbonyl (C=O) groups excluding carboxylic acids is 4. The van der Waals surface area contributed by atoms with E-state index in [2.05, 4.69) is 18.9 Å². The Labute approximate surface area is 148 Å². The summed E-state index contributed by atoms with van der Waals surface area (Å²) in [6, 6.07) is 0. The van der Waals surface area contributed by atoms with Crippen LogP contribution < -0.4 is 0 Å². The van der Waals surface area contributed by atoms with E-state index in [1.165, 1.54) is 0 Å². The molecule has 0 radical (unpaired) electrons. The van der Waals surface area contributed by atoms with Gasteiger partial charge in [-0.3, -0.25) is 0 Å². The number of rotatable bonds is 11. The number of carbonyl (C=O) groups is 4. The Morgan fingerprint density at radius 3 is 1.12 bits per heavy atom. The quantitative estimate of drug-likeness (QED) is 0.214. The van der Waals surface area contributed by atoms with Crippen molar-refractivity contribution >= 4 is 23.9 Å². The summed E-state index contributed by atoms with van der Waals surface area (Å²) in [5, 5.41) is 19.4. The van der Waals surface area contributed by atoms with Gasteiger partial charge in [0.05, 0.1) is 41.7 Å². The predicted octanol–water partition coefficient (Wildman–Crippen LogP) is -2.83. The molecule has 0 aliphatic carbocycles. The SMILES string of the molecule is COC(=O)[C@H](O)[C@@H](OCCO[C@@H](C(=O)OC)[C@@H](O)C(=O)OC)C(=O)OC. The number of hydrogen-bond acceptors (Lipinski definition) is 12. The van der Waals surface area contributed by atoms with Gasteiger partial charge in [-0.15, -0.1) is 0 Å². The molecule has 0 saturated carbocycles. The number of ether oxygens (including phenoxy) is 6. The molecule has 0 aliphatic heterocycles. The van der Waals surface area contributed by atoms with Crippen LogP contribution in [0.25, 0.3) is 0 Å². The molecule has 0 aromatic carbocycles. The Kier molecular flexibility index (Phi) is 11.1. The number of aliphatic hydroxyl groups excluding tert-OH is 2. The first-order valence-electron chi connectivity index (χ1n) is 7.15. The summed E-state index contributed by atoms with van der Waals surface area (Å²) in [6.45, 7) is -0.843. The molecule has 0 bridgehead atoms. The molecule has 0 aromatic rings. The van der Waals surface area contributed by atoms with Crippen LogP contribution in [0.4, 0.5) is 0 Å². The lowest BCUT2D eigenvalue weighted by molar-refractivity contribution is -0.182. The van der Waals surface area contributed by atoms with Crippen molar-refractivity contribution in [1.29, 1.82) is 0 Å². The maximum atomic E-state index is 11.6. The second kappa shape index (κ2) is 12.1. The summed E-state index contributed by atoms with van der Waals surface area (Å²) in [7, 11) is 4.02. The van der Waals surface area contributed by atoms with Crippen LogP contribution >= 0.6 is 0 Å². The summed E-state index contributed by atoms with van der Waals surface area (Å²) in [5.74, 6) is -4.37. The zero-order valence-electron chi connectivity index (χ0n) is 14.7. The average Bonchev–Trinajstić information content (AvgIpc) is 2.67. The molecule has 2 N–H and O–H groups in total. The van der Waals surface area contributed by atoms with Gasteiger partial charge < -0.3 is 38.6 Å². The molecule has 0 saturated heterocycles. The fraction of sp³-hybridized carbons (Fsp3) is 0.714. The van der Waals surface area contributed by atoms with E-state index in [1.807, 2.05) is 0 Å². The Hall–Kier alpha value is -2.28. The Balaban J connectivity index is 4.81. The lowest BCUT2D eigenvalue weighted by Gasteiger charge is -2.21. The van der Waals surface area contributed by atoms with Gasteiger partial charge in [0.25, 0.3) is 0 Å². The second-order valence-corrected chi connectivity index (χ2v) is 4.57. The standard InChI is InChI=1S/C14H22O12/c1-21-11(17)7(15)9(13(19)23-3)25-5-6-26-10(14(20)24-4)8(16)12(18)22-2/h7-10,15-16H,5-6H2,1-4H3/t7-,8-,9-,10-/m1/s1. The fourth-order valence-electron chi connectivity index (χ4n) is 1.65. The maximum absolute atomic E-state index is 11.6. The van der Waals surface area contributed by atoms with Crippen LogP contribution in [0.1, 0.15) is 0 Å². The van der Waals surface area contributed by atoms with Crippen molar-refractivity contribution in [3.8, 4) is 0 Å². The van der Waals surface area contributed by atoms with E-state index in [1.54, 1.807) is 0 Å². The van der Waals surface area contributed by atoms with Crippen molar-refractivity contribution < 1.29 is 57.8 Å². The van der Waals surface area contributed by atoms with Crippen molar-refractivity contribution in [3.05, 3.63) is 0 Å². The second-order valence-electron chi connectivity index (χ2n) is 4.57. The smallest absolute Gasteiger partial charge is 0.338 e. The third-order valence-corrected chi connectivity index (χ3v) is 3.00. The third kappa shape index (κ3) is 6.92. The van der Waals surface area contributed by atoms with Crippen LogP contribution in [-0.4, -0.2) is 100 Å². The summed E-state index contributed by atoms with van der Waals surface area (Å²) >= 11 is 0. The van der Waals surface area contributed by atoms with Gasteiger partial charge in [0, 0.05) is 0 Å². The van der Waals surface area contributed by atoms with E-state index in [0.29, 0.717) is 0 Å². The Morgan fingerprint density at radius 2 is 0.885 bits per heavy atom. The van der Waals surface area contributed by atoms with E-state index in [9.17, 15) is 29.4 Å². The molecule has 0 unspecified atom stereocenters. The van der Waals surface area contributed by atoms with Crippen LogP contribution in [0.15, 0.2) is 0 Å². The minimum absolute atomic E-state index is 0.421. The van der Waals surface area contributed by atoms with Gasteiger partial charge in [-0.05, 0) is 0 Å². The van der Waals surface area contributed by atoms with Gasteiger partial charge in [-0.25, -0.2) is 19.2 Å². The molecule has 0 heterocycles. The lowest BCUT2D eigenvalue weighted by Crippen LogP contribution is -2.45. The average molecular weight is 382 g/mol. The molecule has 26 heavy (non-hydrogen) atoms. The monoisotopic (exact) mass is 382 g/mol. The molecular formula is C14H22O12. The highest BCUT2D eigenvalue weighted by molar-refractivity contribution is 5.86. The van der Waals surface area contributed by atoms with Crippen molar-refractivity contribution in [2.24, 2.45) is 0 Å². The molecule has 0 aromatic heterocycles. The highest BCUT2D eigenvalue weighted by atomic mass is 16.6. The molecule has 0 amide bonds. The molecule has 0 spiro atoms. The molecule has 4 atom stereocenters. The van der Waals surface area contributed by atoms with Gasteiger partial charge in [-0.1, -0.05) is 0 Å². The molecule has 12 heteroatoms. The van der Waals surface area contributed by atoms with Gasteiger partial charge in [-0.2, -0.15) is 0 Å². The van der Waals surface area contributed by atoms with E-state index < -0.39 is 61.5 Å². The number of methoxy groups -OCH3 is 4. The highest BCUT2D eigenvalue weighted by Crippen LogP contribution is 2.07. The zero-order valence-corrected chi connectivity index (χ0v) is 14.7. The van der Waals surface area contributed by atoms with Crippen molar-refractivity contribution in [3.63, 3.8) is 0 Å². The molecule has 150 valence electrons. The summed E-state index contributed by atoms with van der Waals surface area (Å²) in [4.78, 5) is 45.7. The fourth-order valence-corrected chi connectivity index (χ4v) is 1.65. The zero-order chi connectivity index (χ0) is 20.3. The van der Waals surface area contributed by atoms with Gasteiger partial charge in [0.2, 0.25) is 0 Å². The van der Waals surface area contributed by atoms with E-state index >= 15 is 0 Å². The Morgan fingerprint density at radius 1 is 0.615 bits per heavy atom. The van der Waals surface area contributed by atoms with Crippen LogP contribution in [-0.2, 0) is 47.6 Å². The number of aliphatic hydroxyl groups is 2. The minimum Gasteiger partial charge on any atom is -0.467 e. The summed E-state index contributed by atoms with van der Waals surface area (Å²) < 4.78 is 27.4.